The van der Waals surface area contributed by atoms with E-state index in [-0.39, 0.29) is 10.3 Å². The monoisotopic (exact) mass is 327 g/mol. The number of sulfonamides is 1. The standard InChI is InChI=1S/C14H14ClNO2S2/c15-12-8-9-13(19-12)20(17,18)16-14(11-6-7-11)10-4-2-1-3-5-10/h1-5,8-9,11,14,16H,6-7H2. The number of hydrogen-bond donors (Lipinski definition) is 1. The molecular formula is C14H14ClNO2S2. The largest absolute Gasteiger partial charge is 0.250 e. The SMILES string of the molecule is O=S(=O)(NC(c1ccccc1)C1CC1)c1ccc(Cl)s1. The zero-order valence-electron chi connectivity index (χ0n) is 10.6. The van der Waals surface area contributed by atoms with Crippen molar-refractivity contribution in [3.63, 3.8) is 0 Å². The molecule has 0 amide bonds. The average molecular weight is 328 g/mol. The van der Waals surface area contributed by atoms with Crippen LogP contribution in [0, 0.1) is 5.92 Å². The minimum atomic E-state index is -3.51. The van der Waals surface area contributed by atoms with Crippen LogP contribution in [0.2, 0.25) is 4.34 Å². The molecule has 1 aromatic carbocycles. The molecule has 1 fully saturated rings. The molecule has 1 saturated carbocycles. The lowest BCUT2D eigenvalue weighted by atomic mass is 10.0. The molecule has 1 aliphatic carbocycles. The molecule has 20 heavy (non-hydrogen) atoms. The van der Waals surface area contributed by atoms with Crippen molar-refractivity contribution >= 4 is 33.0 Å². The lowest BCUT2D eigenvalue weighted by Gasteiger charge is -2.18. The predicted octanol–water partition coefficient (Wildman–Crippen LogP) is 3.83. The first kappa shape index (κ1) is 14.1. The van der Waals surface area contributed by atoms with E-state index in [9.17, 15) is 8.42 Å². The Morgan fingerprint density at radius 3 is 2.40 bits per heavy atom. The summed E-state index contributed by atoms with van der Waals surface area (Å²) < 4.78 is 28.4. The smallest absolute Gasteiger partial charge is 0.206 e. The Labute approximate surface area is 127 Å². The number of rotatable bonds is 5. The summed E-state index contributed by atoms with van der Waals surface area (Å²) in [7, 11) is -3.51. The number of halogens is 1. The van der Waals surface area contributed by atoms with Crippen LogP contribution in [0.25, 0.3) is 0 Å². The summed E-state index contributed by atoms with van der Waals surface area (Å²) in [6.07, 6.45) is 2.13. The van der Waals surface area contributed by atoms with Gasteiger partial charge in [0.25, 0.3) is 10.0 Å². The normalized spacial score (nSPS) is 17.1. The van der Waals surface area contributed by atoms with Gasteiger partial charge in [-0.3, -0.25) is 0 Å². The molecule has 0 saturated heterocycles. The van der Waals surface area contributed by atoms with Crippen LogP contribution < -0.4 is 4.72 Å². The highest BCUT2D eigenvalue weighted by Gasteiger charge is 2.35. The molecule has 106 valence electrons. The van der Waals surface area contributed by atoms with Gasteiger partial charge in [0, 0.05) is 6.04 Å². The van der Waals surface area contributed by atoms with Gasteiger partial charge in [-0.1, -0.05) is 41.9 Å². The molecule has 0 radical (unpaired) electrons. The summed E-state index contributed by atoms with van der Waals surface area (Å²) in [5.41, 5.74) is 1.02. The van der Waals surface area contributed by atoms with Crippen LogP contribution in [0.3, 0.4) is 0 Å². The van der Waals surface area contributed by atoms with Crippen molar-refractivity contribution in [2.75, 3.05) is 0 Å². The van der Waals surface area contributed by atoms with Crippen molar-refractivity contribution in [1.82, 2.24) is 4.72 Å². The number of thiophene rings is 1. The van der Waals surface area contributed by atoms with E-state index >= 15 is 0 Å². The van der Waals surface area contributed by atoms with Gasteiger partial charge in [-0.15, -0.1) is 11.3 Å². The Hall–Kier alpha value is -0.880. The van der Waals surface area contributed by atoms with E-state index in [0.717, 1.165) is 29.7 Å². The van der Waals surface area contributed by atoms with E-state index in [2.05, 4.69) is 4.72 Å². The van der Waals surface area contributed by atoms with Crippen LogP contribution in [0.15, 0.2) is 46.7 Å². The summed E-state index contributed by atoms with van der Waals surface area (Å²) in [5, 5.41) is 0. The Bertz CT molecular complexity index is 693. The van der Waals surface area contributed by atoms with Crippen LogP contribution in [0.4, 0.5) is 0 Å². The van der Waals surface area contributed by atoms with Crippen molar-refractivity contribution in [2.24, 2.45) is 5.92 Å². The first-order valence-electron chi connectivity index (χ1n) is 6.39. The summed E-state index contributed by atoms with van der Waals surface area (Å²) in [6, 6.07) is 12.7. The number of nitrogens with one attached hydrogen (secondary N) is 1. The highest BCUT2D eigenvalue weighted by Crippen LogP contribution is 2.42. The van der Waals surface area contributed by atoms with Crippen LogP contribution >= 0.6 is 22.9 Å². The molecule has 1 heterocycles. The maximum absolute atomic E-state index is 12.4. The molecule has 3 nitrogen and oxygen atoms in total. The third kappa shape index (κ3) is 3.06. The van der Waals surface area contributed by atoms with E-state index in [1.165, 1.54) is 0 Å². The van der Waals surface area contributed by atoms with Crippen molar-refractivity contribution < 1.29 is 8.42 Å². The first-order chi connectivity index (χ1) is 9.56. The summed E-state index contributed by atoms with van der Waals surface area (Å²) in [5.74, 6) is 0.391. The van der Waals surface area contributed by atoms with Gasteiger partial charge in [-0.2, -0.15) is 0 Å². The van der Waals surface area contributed by atoms with E-state index in [4.69, 9.17) is 11.6 Å². The van der Waals surface area contributed by atoms with Gasteiger partial charge < -0.3 is 0 Å². The second-order valence-electron chi connectivity index (χ2n) is 4.91. The molecule has 1 N–H and O–H groups in total. The summed E-state index contributed by atoms with van der Waals surface area (Å²) in [6.45, 7) is 0. The quantitative estimate of drug-likeness (QED) is 0.907. The number of benzene rings is 1. The molecule has 0 spiro atoms. The maximum atomic E-state index is 12.4. The van der Waals surface area contributed by atoms with Crippen molar-refractivity contribution in [2.45, 2.75) is 23.1 Å². The molecule has 1 aliphatic rings. The molecule has 6 heteroatoms. The molecule has 2 aromatic rings. The van der Waals surface area contributed by atoms with Gasteiger partial charge in [-0.25, -0.2) is 13.1 Å². The van der Waals surface area contributed by atoms with E-state index in [1.807, 2.05) is 30.3 Å². The zero-order chi connectivity index (χ0) is 14.2. The lowest BCUT2D eigenvalue weighted by molar-refractivity contribution is 0.530. The Morgan fingerprint density at radius 2 is 1.85 bits per heavy atom. The topological polar surface area (TPSA) is 46.2 Å². The predicted molar refractivity (Wildman–Crippen MR) is 81.6 cm³/mol. The average Bonchev–Trinajstić information content (AvgIpc) is 3.18. The molecule has 1 aromatic heterocycles. The Morgan fingerprint density at radius 1 is 1.15 bits per heavy atom. The van der Waals surface area contributed by atoms with Gasteiger partial charge in [-0.05, 0) is 36.5 Å². The van der Waals surface area contributed by atoms with Crippen molar-refractivity contribution in [1.29, 1.82) is 0 Å². The lowest BCUT2D eigenvalue weighted by Crippen LogP contribution is -2.29. The minimum absolute atomic E-state index is 0.151. The minimum Gasteiger partial charge on any atom is -0.206 e. The fourth-order valence-electron chi connectivity index (χ4n) is 2.19. The highest BCUT2D eigenvalue weighted by molar-refractivity contribution is 7.91. The van der Waals surface area contributed by atoms with E-state index in [0.29, 0.717) is 10.3 Å². The molecule has 0 aliphatic heterocycles. The van der Waals surface area contributed by atoms with E-state index in [1.54, 1.807) is 12.1 Å². The molecule has 1 atom stereocenters. The molecule has 0 bridgehead atoms. The zero-order valence-corrected chi connectivity index (χ0v) is 13.0. The molecule has 3 rings (SSSR count). The number of hydrogen-bond acceptors (Lipinski definition) is 3. The first-order valence-corrected chi connectivity index (χ1v) is 9.06. The molecular weight excluding hydrogens is 314 g/mol. The molecule has 1 unspecified atom stereocenters. The van der Waals surface area contributed by atoms with Gasteiger partial charge in [0.1, 0.15) is 4.21 Å². The van der Waals surface area contributed by atoms with Gasteiger partial charge in [0.15, 0.2) is 0 Å². The van der Waals surface area contributed by atoms with Gasteiger partial charge in [0.2, 0.25) is 0 Å². The van der Waals surface area contributed by atoms with Crippen LogP contribution in [0.5, 0.6) is 0 Å². The summed E-state index contributed by atoms with van der Waals surface area (Å²) in [4.78, 5) is 0. The van der Waals surface area contributed by atoms with Gasteiger partial charge in [0.05, 0.1) is 4.34 Å². The second-order valence-corrected chi connectivity index (χ2v) is 8.56. The third-order valence-corrected chi connectivity index (χ3v) is 6.51. The van der Waals surface area contributed by atoms with Crippen molar-refractivity contribution in [3.8, 4) is 0 Å². The fourth-order valence-corrected chi connectivity index (χ4v) is 4.99. The maximum Gasteiger partial charge on any atom is 0.250 e. The Balaban J connectivity index is 1.87. The van der Waals surface area contributed by atoms with Crippen molar-refractivity contribution in [3.05, 3.63) is 52.4 Å². The third-order valence-electron chi connectivity index (χ3n) is 3.35. The van der Waals surface area contributed by atoms with E-state index < -0.39 is 10.0 Å². The van der Waals surface area contributed by atoms with Crippen LogP contribution in [-0.4, -0.2) is 8.42 Å². The summed E-state index contributed by atoms with van der Waals surface area (Å²) >= 11 is 6.90. The highest BCUT2D eigenvalue weighted by atomic mass is 35.5. The Kier molecular flexibility index (Phi) is 3.86. The second kappa shape index (κ2) is 5.48. The van der Waals surface area contributed by atoms with Gasteiger partial charge >= 0.3 is 0 Å². The van der Waals surface area contributed by atoms with Crippen LogP contribution in [-0.2, 0) is 10.0 Å². The van der Waals surface area contributed by atoms with Crippen LogP contribution in [0.1, 0.15) is 24.4 Å². The fraction of sp³-hybridized carbons (Fsp3) is 0.286.